The quantitative estimate of drug-likeness (QED) is 0.613. The first-order valence-corrected chi connectivity index (χ1v) is 7.34. The molecule has 1 amide bonds. The molecule has 0 radical (unpaired) electrons. The van der Waals surface area contributed by atoms with E-state index >= 15 is 0 Å². The Hall–Kier alpha value is -1.67. The Balaban J connectivity index is 2.43. The molecule has 0 saturated heterocycles. The van der Waals surface area contributed by atoms with Crippen molar-refractivity contribution in [1.29, 1.82) is 0 Å². The Labute approximate surface area is 135 Å². The van der Waals surface area contributed by atoms with Gasteiger partial charge in [-0.05, 0) is 52.9 Å². The maximum Gasteiger partial charge on any atom is 0.259 e. The normalized spacial score (nSPS) is 10.4. The summed E-state index contributed by atoms with van der Waals surface area (Å²) in [5, 5.41) is 9.20. The number of halogens is 2. The minimum atomic E-state index is -0.399. The van der Waals surface area contributed by atoms with Crippen molar-refractivity contribution >= 4 is 39.9 Å². The maximum absolute atomic E-state index is 13.2. The topological polar surface area (TPSA) is 66.6 Å². The van der Waals surface area contributed by atoms with E-state index in [4.69, 9.17) is 5.73 Å². The van der Waals surface area contributed by atoms with E-state index < -0.39 is 5.82 Å². The molecule has 0 atom stereocenters. The van der Waals surface area contributed by atoms with Gasteiger partial charge in [0, 0.05) is 10.1 Å². The van der Waals surface area contributed by atoms with Crippen LogP contribution >= 0.6 is 22.6 Å². The predicted octanol–water partition coefficient (Wildman–Crippen LogP) is 2.65. The SMILES string of the molecule is Nc1ccccc1N(CCO)C(=O)c1ccc(F)cc1I. The predicted molar refractivity (Wildman–Crippen MR) is 88.7 cm³/mol. The zero-order chi connectivity index (χ0) is 15.4. The van der Waals surface area contributed by atoms with Gasteiger partial charge in [-0.3, -0.25) is 4.79 Å². The summed E-state index contributed by atoms with van der Waals surface area (Å²) in [5.41, 5.74) is 7.23. The molecule has 0 aliphatic carbocycles. The fraction of sp³-hybridized carbons (Fsp3) is 0.133. The van der Waals surface area contributed by atoms with Gasteiger partial charge in [0.05, 0.1) is 23.5 Å². The Bertz CT molecular complexity index is 664. The molecule has 4 nitrogen and oxygen atoms in total. The van der Waals surface area contributed by atoms with Crippen molar-refractivity contribution in [3.8, 4) is 0 Å². The summed E-state index contributed by atoms with van der Waals surface area (Å²) >= 11 is 1.91. The number of hydrogen-bond donors (Lipinski definition) is 2. The molecule has 0 unspecified atom stereocenters. The van der Waals surface area contributed by atoms with Gasteiger partial charge in [0.15, 0.2) is 0 Å². The fourth-order valence-corrected chi connectivity index (χ4v) is 2.68. The number of anilines is 2. The summed E-state index contributed by atoms with van der Waals surface area (Å²) in [5.74, 6) is -0.727. The minimum Gasteiger partial charge on any atom is -0.397 e. The molecule has 0 saturated carbocycles. The van der Waals surface area contributed by atoms with E-state index in [9.17, 15) is 14.3 Å². The van der Waals surface area contributed by atoms with Crippen LogP contribution in [0.4, 0.5) is 15.8 Å². The number of aliphatic hydroxyl groups is 1. The Morgan fingerprint density at radius 2 is 2.00 bits per heavy atom. The molecule has 110 valence electrons. The Kier molecular flexibility index (Phi) is 5.13. The molecule has 3 N–H and O–H groups in total. The van der Waals surface area contributed by atoms with Crippen LogP contribution in [0.15, 0.2) is 42.5 Å². The third kappa shape index (κ3) is 3.51. The highest BCUT2D eigenvalue weighted by Crippen LogP contribution is 2.25. The van der Waals surface area contributed by atoms with E-state index in [2.05, 4.69) is 0 Å². The maximum atomic E-state index is 13.2. The first-order chi connectivity index (χ1) is 10.0. The summed E-state index contributed by atoms with van der Waals surface area (Å²) in [6.45, 7) is -0.0850. The molecule has 0 heterocycles. The van der Waals surface area contributed by atoms with Crippen LogP contribution in [0.2, 0.25) is 0 Å². The van der Waals surface area contributed by atoms with E-state index in [0.717, 1.165) is 0 Å². The van der Waals surface area contributed by atoms with Crippen molar-refractivity contribution in [3.05, 3.63) is 57.4 Å². The summed E-state index contributed by atoms with van der Waals surface area (Å²) in [6.07, 6.45) is 0. The van der Waals surface area contributed by atoms with E-state index in [1.165, 1.54) is 23.1 Å². The Morgan fingerprint density at radius 1 is 1.29 bits per heavy atom. The zero-order valence-electron chi connectivity index (χ0n) is 11.1. The molecule has 0 spiro atoms. The van der Waals surface area contributed by atoms with Gasteiger partial charge >= 0.3 is 0 Å². The number of nitrogens with zero attached hydrogens (tertiary/aromatic N) is 1. The summed E-state index contributed by atoms with van der Waals surface area (Å²) in [4.78, 5) is 14.0. The van der Waals surface area contributed by atoms with Crippen molar-refractivity contribution in [3.63, 3.8) is 0 Å². The summed E-state index contributed by atoms with van der Waals surface area (Å²) < 4.78 is 13.7. The van der Waals surface area contributed by atoms with Crippen LogP contribution in [-0.2, 0) is 0 Å². The zero-order valence-corrected chi connectivity index (χ0v) is 13.2. The average molecular weight is 400 g/mol. The number of nitrogens with two attached hydrogens (primary N) is 1. The molecule has 0 aliphatic heterocycles. The standard InChI is InChI=1S/C15H14FIN2O2/c16-10-5-6-11(12(17)9-10)15(21)19(7-8-20)14-4-2-1-3-13(14)18/h1-6,9,20H,7-8,18H2. The van der Waals surface area contributed by atoms with Gasteiger partial charge < -0.3 is 15.7 Å². The fourth-order valence-electron chi connectivity index (χ4n) is 1.97. The Morgan fingerprint density at radius 3 is 2.62 bits per heavy atom. The summed E-state index contributed by atoms with van der Waals surface area (Å²) in [7, 11) is 0. The minimum absolute atomic E-state index is 0.112. The van der Waals surface area contributed by atoms with Crippen molar-refractivity contribution in [2.75, 3.05) is 23.8 Å². The van der Waals surface area contributed by atoms with Crippen LogP contribution in [0.3, 0.4) is 0 Å². The highest BCUT2D eigenvalue weighted by molar-refractivity contribution is 14.1. The number of carbonyl (C=O) groups is 1. The van der Waals surface area contributed by atoms with E-state index in [-0.39, 0.29) is 19.1 Å². The van der Waals surface area contributed by atoms with Crippen LogP contribution in [0, 0.1) is 9.39 Å². The largest absolute Gasteiger partial charge is 0.397 e. The molecular formula is C15H14FIN2O2. The molecule has 0 bridgehead atoms. The van der Waals surface area contributed by atoms with Gasteiger partial charge in [0.25, 0.3) is 5.91 Å². The second-order valence-electron chi connectivity index (χ2n) is 4.36. The van der Waals surface area contributed by atoms with E-state index in [1.807, 2.05) is 22.6 Å². The molecule has 2 rings (SSSR count). The monoisotopic (exact) mass is 400 g/mol. The van der Waals surface area contributed by atoms with E-state index in [0.29, 0.717) is 20.5 Å². The lowest BCUT2D eigenvalue weighted by Crippen LogP contribution is -2.34. The van der Waals surface area contributed by atoms with E-state index in [1.54, 1.807) is 24.3 Å². The third-order valence-electron chi connectivity index (χ3n) is 2.96. The van der Waals surface area contributed by atoms with Crippen LogP contribution < -0.4 is 10.6 Å². The molecule has 0 aliphatic rings. The molecule has 21 heavy (non-hydrogen) atoms. The van der Waals surface area contributed by atoms with Crippen molar-refractivity contribution < 1.29 is 14.3 Å². The number of para-hydroxylation sites is 2. The molecular weight excluding hydrogens is 386 g/mol. The number of benzene rings is 2. The van der Waals surface area contributed by atoms with Gasteiger partial charge in [-0.25, -0.2) is 4.39 Å². The molecule has 2 aromatic rings. The lowest BCUT2D eigenvalue weighted by molar-refractivity contribution is 0.0980. The average Bonchev–Trinajstić information content (AvgIpc) is 2.45. The van der Waals surface area contributed by atoms with Gasteiger partial charge in [0.1, 0.15) is 5.82 Å². The number of amides is 1. The van der Waals surface area contributed by atoms with Crippen LogP contribution in [0.25, 0.3) is 0 Å². The van der Waals surface area contributed by atoms with Crippen molar-refractivity contribution in [1.82, 2.24) is 0 Å². The van der Waals surface area contributed by atoms with Crippen LogP contribution in [0.1, 0.15) is 10.4 Å². The number of rotatable bonds is 4. The first-order valence-electron chi connectivity index (χ1n) is 6.27. The molecule has 0 aromatic heterocycles. The molecule has 2 aromatic carbocycles. The van der Waals surface area contributed by atoms with Crippen molar-refractivity contribution in [2.24, 2.45) is 0 Å². The number of hydrogen-bond acceptors (Lipinski definition) is 3. The van der Waals surface area contributed by atoms with Crippen LogP contribution in [-0.4, -0.2) is 24.2 Å². The van der Waals surface area contributed by atoms with Gasteiger partial charge in [-0.2, -0.15) is 0 Å². The second kappa shape index (κ2) is 6.86. The molecule has 0 fully saturated rings. The first kappa shape index (κ1) is 15.7. The van der Waals surface area contributed by atoms with Gasteiger partial charge in [-0.15, -0.1) is 0 Å². The van der Waals surface area contributed by atoms with Gasteiger partial charge in [0.2, 0.25) is 0 Å². The number of nitrogen functional groups attached to an aromatic ring is 1. The highest BCUT2D eigenvalue weighted by atomic mass is 127. The number of carbonyl (C=O) groups excluding carboxylic acids is 1. The number of aliphatic hydroxyl groups excluding tert-OH is 1. The third-order valence-corrected chi connectivity index (χ3v) is 3.85. The second-order valence-corrected chi connectivity index (χ2v) is 5.53. The molecule has 6 heteroatoms. The smallest absolute Gasteiger partial charge is 0.259 e. The lowest BCUT2D eigenvalue weighted by atomic mass is 10.1. The summed E-state index contributed by atoms with van der Waals surface area (Å²) in [6, 6.07) is 10.9. The van der Waals surface area contributed by atoms with Gasteiger partial charge in [-0.1, -0.05) is 12.1 Å². The van der Waals surface area contributed by atoms with Crippen molar-refractivity contribution in [2.45, 2.75) is 0 Å². The van der Waals surface area contributed by atoms with Crippen LogP contribution in [0.5, 0.6) is 0 Å². The highest BCUT2D eigenvalue weighted by Gasteiger charge is 2.21. The lowest BCUT2D eigenvalue weighted by Gasteiger charge is -2.24.